The predicted octanol–water partition coefficient (Wildman–Crippen LogP) is 4.53. The molecule has 4 rings (SSSR count). The van der Waals surface area contributed by atoms with Crippen molar-refractivity contribution in [1.29, 1.82) is 0 Å². The number of alkyl halides is 1. The first kappa shape index (κ1) is 36.1. The fourth-order valence-corrected chi connectivity index (χ4v) is 5.61. The predicted molar refractivity (Wildman–Crippen MR) is 174 cm³/mol. The van der Waals surface area contributed by atoms with E-state index in [1.807, 2.05) is 6.07 Å². The standard InChI is InChI=1S/C35H43FN4O8/c1-22-9-7-15-37-30(42)14-13-23(2)32(24(3)20-47-35(45)38-26-10-5-4-6-11-26)48-34(44)29-12-8-16-40(29)33(43)28-21-46-31(39-28)19-25(36)18-27(41)17-22/h4-7,9-11,13-14,17,21,23-25,27,29,32,41H,8,12,15-16,18-20H2,1-3H3,(H,37,42)(H,38,45)/b9-7+,14-13+,22-17+. The van der Waals surface area contributed by atoms with Crippen LogP contribution in [-0.4, -0.2) is 83.0 Å². The number of fused-ring (bicyclic) bond motifs is 3. The third kappa shape index (κ3) is 10.6. The zero-order valence-electron chi connectivity index (χ0n) is 27.3. The molecule has 1 aromatic heterocycles. The normalized spacial score (nSPS) is 27.8. The molecule has 2 bridgehead atoms. The molecule has 0 saturated carbocycles. The summed E-state index contributed by atoms with van der Waals surface area (Å²) in [5.74, 6) is -2.59. The number of amides is 3. The molecule has 0 spiro atoms. The Balaban J connectivity index is 1.54. The molecule has 12 nitrogen and oxygen atoms in total. The van der Waals surface area contributed by atoms with Crippen molar-refractivity contribution in [3.05, 3.63) is 84.1 Å². The van der Waals surface area contributed by atoms with E-state index in [1.165, 1.54) is 17.1 Å². The number of esters is 1. The number of aliphatic hydroxyl groups excluding tert-OH is 1. The Bertz CT molecular complexity index is 1510. The number of cyclic esters (lactones) is 1. The Morgan fingerprint density at radius 3 is 2.77 bits per heavy atom. The second kappa shape index (κ2) is 17.4. The van der Waals surface area contributed by atoms with Gasteiger partial charge in [-0.1, -0.05) is 61.9 Å². The quantitative estimate of drug-likeness (QED) is 0.399. The number of aliphatic hydroxyl groups is 1. The SMILES string of the molecule is CC1=C\C(O)CC(F)Cc2nc(co2)C(=O)N2CCCC2C(=O)OC(C(C)COC(=O)Nc2ccccc2)C(C)/C=C/C(=O)NC\C=C\1. The van der Waals surface area contributed by atoms with Crippen molar-refractivity contribution in [1.82, 2.24) is 15.2 Å². The highest BCUT2D eigenvalue weighted by Crippen LogP contribution is 2.26. The number of carbonyl (C=O) groups excluding carboxylic acids is 4. The molecule has 13 heteroatoms. The molecule has 6 unspecified atom stereocenters. The number of ether oxygens (including phenoxy) is 2. The van der Waals surface area contributed by atoms with Crippen LogP contribution in [0.2, 0.25) is 0 Å². The molecule has 6 atom stereocenters. The number of nitrogens with one attached hydrogen (secondary N) is 2. The molecule has 48 heavy (non-hydrogen) atoms. The number of aromatic nitrogens is 1. The first-order valence-electron chi connectivity index (χ1n) is 16.1. The molecule has 1 fully saturated rings. The molecule has 258 valence electrons. The number of nitrogens with zero attached hydrogens (tertiary/aromatic N) is 2. The van der Waals surface area contributed by atoms with Crippen molar-refractivity contribution in [2.75, 3.05) is 25.0 Å². The maximum Gasteiger partial charge on any atom is 0.411 e. The summed E-state index contributed by atoms with van der Waals surface area (Å²) in [6.45, 7) is 5.65. The van der Waals surface area contributed by atoms with Crippen LogP contribution in [0.25, 0.3) is 0 Å². The van der Waals surface area contributed by atoms with Crippen molar-refractivity contribution >= 4 is 29.6 Å². The number of hydrogen-bond acceptors (Lipinski definition) is 9. The van der Waals surface area contributed by atoms with Gasteiger partial charge in [-0.3, -0.25) is 14.9 Å². The van der Waals surface area contributed by atoms with Crippen LogP contribution in [0.1, 0.15) is 56.4 Å². The summed E-state index contributed by atoms with van der Waals surface area (Å²) in [6, 6.07) is 7.88. The Morgan fingerprint density at radius 1 is 1.23 bits per heavy atom. The highest BCUT2D eigenvalue weighted by molar-refractivity contribution is 5.95. The van der Waals surface area contributed by atoms with E-state index in [1.54, 1.807) is 63.3 Å². The van der Waals surface area contributed by atoms with Crippen LogP contribution in [0.4, 0.5) is 14.9 Å². The first-order chi connectivity index (χ1) is 23.0. The lowest BCUT2D eigenvalue weighted by molar-refractivity contribution is -0.159. The highest BCUT2D eigenvalue weighted by atomic mass is 19.1. The summed E-state index contributed by atoms with van der Waals surface area (Å²) in [5.41, 5.74) is 1.16. The Kier molecular flexibility index (Phi) is 13.1. The molecule has 2 aromatic rings. The van der Waals surface area contributed by atoms with E-state index in [9.17, 15) is 28.7 Å². The van der Waals surface area contributed by atoms with Gasteiger partial charge in [-0.2, -0.15) is 0 Å². The smallest absolute Gasteiger partial charge is 0.411 e. The van der Waals surface area contributed by atoms with Crippen molar-refractivity contribution in [3.63, 3.8) is 0 Å². The minimum atomic E-state index is -1.49. The Hall–Kier alpha value is -4.78. The van der Waals surface area contributed by atoms with Gasteiger partial charge in [-0.05, 0) is 38.0 Å². The van der Waals surface area contributed by atoms with Gasteiger partial charge in [0.2, 0.25) is 5.91 Å². The largest absolute Gasteiger partial charge is 0.460 e. The molecule has 0 radical (unpaired) electrons. The summed E-state index contributed by atoms with van der Waals surface area (Å²) in [7, 11) is 0. The van der Waals surface area contributed by atoms with Gasteiger partial charge in [0.1, 0.15) is 24.6 Å². The highest BCUT2D eigenvalue weighted by Gasteiger charge is 2.39. The van der Waals surface area contributed by atoms with Gasteiger partial charge in [-0.25, -0.2) is 19.0 Å². The fourth-order valence-electron chi connectivity index (χ4n) is 5.61. The van der Waals surface area contributed by atoms with E-state index in [-0.39, 0.29) is 50.0 Å². The lowest BCUT2D eigenvalue weighted by atomic mass is 9.93. The number of halogens is 1. The topological polar surface area (TPSA) is 160 Å². The summed E-state index contributed by atoms with van der Waals surface area (Å²) in [6.07, 6.45) is 5.34. The Morgan fingerprint density at radius 2 is 2.00 bits per heavy atom. The van der Waals surface area contributed by atoms with Crippen LogP contribution in [-0.2, 0) is 25.5 Å². The molecule has 2 aliphatic rings. The van der Waals surface area contributed by atoms with Crippen LogP contribution >= 0.6 is 0 Å². The van der Waals surface area contributed by atoms with Gasteiger partial charge < -0.3 is 29.2 Å². The Labute approximate surface area is 279 Å². The molecule has 3 amide bonds. The third-order valence-electron chi connectivity index (χ3n) is 8.06. The zero-order chi connectivity index (χ0) is 34.6. The van der Waals surface area contributed by atoms with Gasteiger partial charge in [0.15, 0.2) is 11.6 Å². The number of benzene rings is 1. The number of para-hydroxylation sites is 1. The average Bonchev–Trinajstić information content (AvgIpc) is 3.73. The monoisotopic (exact) mass is 666 g/mol. The summed E-state index contributed by atoms with van der Waals surface area (Å²) in [4.78, 5) is 57.6. The lowest BCUT2D eigenvalue weighted by Gasteiger charge is -2.30. The molecular formula is C35H43FN4O8. The van der Waals surface area contributed by atoms with Crippen LogP contribution in [0.5, 0.6) is 0 Å². The van der Waals surface area contributed by atoms with E-state index >= 15 is 0 Å². The number of rotatable bonds is 4. The minimum absolute atomic E-state index is 0.00286. The van der Waals surface area contributed by atoms with Crippen molar-refractivity contribution in [2.45, 2.75) is 70.9 Å². The second-order valence-electron chi connectivity index (χ2n) is 12.1. The van der Waals surface area contributed by atoms with Crippen LogP contribution < -0.4 is 10.6 Å². The van der Waals surface area contributed by atoms with E-state index in [0.717, 1.165) is 6.26 Å². The summed E-state index contributed by atoms with van der Waals surface area (Å²) in [5, 5.41) is 15.7. The average molecular weight is 667 g/mol. The van der Waals surface area contributed by atoms with Gasteiger partial charge in [0, 0.05) is 37.0 Å². The summed E-state index contributed by atoms with van der Waals surface area (Å²) >= 11 is 0. The fraction of sp³-hybridized carbons (Fsp3) is 0.457. The zero-order valence-corrected chi connectivity index (χ0v) is 27.3. The molecular weight excluding hydrogens is 623 g/mol. The minimum Gasteiger partial charge on any atom is -0.460 e. The van der Waals surface area contributed by atoms with E-state index in [4.69, 9.17) is 13.9 Å². The summed E-state index contributed by atoms with van der Waals surface area (Å²) < 4.78 is 31.6. The van der Waals surface area contributed by atoms with Crippen LogP contribution in [0.3, 0.4) is 0 Å². The van der Waals surface area contributed by atoms with Gasteiger partial charge >= 0.3 is 12.1 Å². The number of anilines is 1. The lowest BCUT2D eigenvalue weighted by Crippen LogP contribution is -2.44. The third-order valence-corrected chi connectivity index (χ3v) is 8.06. The molecule has 3 heterocycles. The van der Waals surface area contributed by atoms with Crippen molar-refractivity contribution in [3.8, 4) is 0 Å². The molecule has 3 N–H and O–H groups in total. The van der Waals surface area contributed by atoms with Crippen LogP contribution in [0.15, 0.2) is 77.0 Å². The molecule has 2 aliphatic heterocycles. The molecule has 0 aliphatic carbocycles. The van der Waals surface area contributed by atoms with E-state index in [0.29, 0.717) is 24.1 Å². The van der Waals surface area contributed by atoms with Crippen LogP contribution in [0, 0.1) is 11.8 Å². The number of allylic oxidation sites excluding steroid dienone is 2. The van der Waals surface area contributed by atoms with E-state index < -0.39 is 54.2 Å². The number of hydrogen-bond donors (Lipinski definition) is 3. The maximum absolute atomic E-state index is 14.8. The van der Waals surface area contributed by atoms with Gasteiger partial charge in [0.05, 0.1) is 19.1 Å². The number of oxazole rings is 1. The van der Waals surface area contributed by atoms with Crippen molar-refractivity contribution in [2.24, 2.45) is 11.8 Å². The molecule has 1 aromatic carbocycles. The maximum atomic E-state index is 14.8. The second-order valence-corrected chi connectivity index (χ2v) is 12.1. The van der Waals surface area contributed by atoms with E-state index in [2.05, 4.69) is 15.6 Å². The number of carbonyl (C=O) groups is 4. The molecule has 1 saturated heterocycles. The van der Waals surface area contributed by atoms with Gasteiger partial charge in [-0.15, -0.1) is 0 Å². The van der Waals surface area contributed by atoms with Gasteiger partial charge in [0.25, 0.3) is 5.91 Å². The van der Waals surface area contributed by atoms with Crippen molar-refractivity contribution < 1.29 is 42.6 Å². The first-order valence-corrected chi connectivity index (χ1v) is 16.1.